The molecule has 1 heterocycles. The van der Waals surface area contributed by atoms with E-state index in [0.717, 1.165) is 0 Å². The fourth-order valence-corrected chi connectivity index (χ4v) is 1.73. The van der Waals surface area contributed by atoms with E-state index in [1.165, 1.54) is 12.3 Å². The van der Waals surface area contributed by atoms with Gasteiger partial charge in [-0.05, 0) is 18.6 Å². The van der Waals surface area contributed by atoms with Gasteiger partial charge in [0.1, 0.15) is 17.8 Å². The van der Waals surface area contributed by atoms with E-state index in [0.29, 0.717) is 30.4 Å². The Morgan fingerprint density at radius 1 is 1.32 bits per heavy atom. The maximum absolute atomic E-state index is 13.9. The van der Waals surface area contributed by atoms with Crippen molar-refractivity contribution >= 4 is 23.2 Å². The normalized spacial score (nSPS) is 10.7. The van der Waals surface area contributed by atoms with Gasteiger partial charge in [0.15, 0.2) is 0 Å². The zero-order valence-corrected chi connectivity index (χ0v) is 11.5. The standard InChI is InChI=1S/C13H12Cl2FNO2/c14-4-1-5-18-10-2-3-11(12(16)6-10)13-17-9(7-15)8-19-13/h2-3,6,8H,1,4-5,7H2. The average molecular weight is 304 g/mol. The molecule has 0 saturated carbocycles. The maximum atomic E-state index is 13.9. The van der Waals surface area contributed by atoms with E-state index in [1.807, 2.05) is 0 Å². The predicted octanol–water partition coefficient (Wildman–Crippen LogP) is 4.23. The van der Waals surface area contributed by atoms with Crippen LogP contribution in [0.5, 0.6) is 5.75 Å². The Labute approximate surface area is 120 Å². The quantitative estimate of drug-likeness (QED) is 0.592. The van der Waals surface area contributed by atoms with Gasteiger partial charge in [-0.15, -0.1) is 23.2 Å². The summed E-state index contributed by atoms with van der Waals surface area (Å²) in [5, 5.41) is 0. The van der Waals surface area contributed by atoms with Gasteiger partial charge in [0.05, 0.1) is 23.7 Å². The molecule has 0 spiro atoms. The van der Waals surface area contributed by atoms with Crippen LogP contribution in [0.2, 0.25) is 0 Å². The van der Waals surface area contributed by atoms with Crippen LogP contribution in [0.25, 0.3) is 11.5 Å². The number of aromatic nitrogens is 1. The van der Waals surface area contributed by atoms with E-state index < -0.39 is 5.82 Å². The van der Waals surface area contributed by atoms with Gasteiger partial charge in [-0.25, -0.2) is 9.37 Å². The lowest BCUT2D eigenvalue weighted by molar-refractivity contribution is 0.316. The maximum Gasteiger partial charge on any atom is 0.229 e. The van der Waals surface area contributed by atoms with Crippen molar-refractivity contribution in [3.63, 3.8) is 0 Å². The minimum Gasteiger partial charge on any atom is -0.493 e. The second-order valence-corrected chi connectivity index (χ2v) is 4.46. The van der Waals surface area contributed by atoms with Crippen LogP contribution >= 0.6 is 23.2 Å². The number of benzene rings is 1. The molecule has 0 fully saturated rings. The number of hydrogen-bond acceptors (Lipinski definition) is 3. The van der Waals surface area contributed by atoms with Crippen molar-refractivity contribution in [1.82, 2.24) is 4.98 Å². The Hall–Kier alpha value is -1.26. The smallest absolute Gasteiger partial charge is 0.229 e. The molecule has 0 aliphatic heterocycles. The highest BCUT2D eigenvalue weighted by molar-refractivity contribution is 6.17. The van der Waals surface area contributed by atoms with Gasteiger partial charge < -0.3 is 9.15 Å². The number of rotatable bonds is 6. The Morgan fingerprint density at radius 3 is 2.79 bits per heavy atom. The SMILES string of the molecule is Fc1cc(OCCCCl)ccc1-c1nc(CCl)co1. The van der Waals surface area contributed by atoms with E-state index in [-0.39, 0.29) is 17.3 Å². The topological polar surface area (TPSA) is 35.3 Å². The number of nitrogens with zero attached hydrogens (tertiary/aromatic N) is 1. The monoisotopic (exact) mass is 303 g/mol. The molecule has 0 atom stereocenters. The molecule has 3 nitrogen and oxygen atoms in total. The van der Waals surface area contributed by atoms with Crippen molar-refractivity contribution in [3.8, 4) is 17.2 Å². The number of oxazole rings is 1. The van der Waals surface area contributed by atoms with Crippen molar-refractivity contribution in [2.75, 3.05) is 12.5 Å². The summed E-state index contributed by atoms with van der Waals surface area (Å²) in [7, 11) is 0. The zero-order chi connectivity index (χ0) is 13.7. The lowest BCUT2D eigenvalue weighted by atomic mass is 10.2. The van der Waals surface area contributed by atoms with E-state index >= 15 is 0 Å². The highest BCUT2D eigenvalue weighted by atomic mass is 35.5. The Balaban J connectivity index is 2.14. The predicted molar refractivity (Wildman–Crippen MR) is 72.3 cm³/mol. The molecule has 0 radical (unpaired) electrons. The van der Waals surface area contributed by atoms with E-state index in [1.54, 1.807) is 12.1 Å². The molecule has 0 unspecified atom stereocenters. The summed E-state index contributed by atoms with van der Waals surface area (Å²) in [6.45, 7) is 0.456. The third kappa shape index (κ3) is 3.61. The van der Waals surface area contributed by atoms with Gasteiger partial charge in [0, 0.05) is 11.9 Å². The number of hydrogen-bond donors (Lipinski definition) is 0. The highest BCUT2D eigenvalue weighted by Gasteiger charge is 2.12. The molecule has 0 N–H and O–H groups in total. The number of alkyl halides is 2. The summed E-state index contributed by atoms with van der Waals surface area (Å²) in [5.41, 5.74) is 0.847. The third-order valence-corrected chi connectivity index (χ3v) is 2.95. The first kappa shape index (κ1) is 14.2. The fraction of sp³-hybridized carbons (Fsp3) is 0.308. The number of halogens is 3. The van der Waals surface area contributed by atoms with Crippen LogP contribution in [0.4, 0.5) is 4.39 Å². The minimum absolute atomic E-state index is 0.209. The first-order valence-corrected chi connectivity index (χ1v) is 6.80. The van der Waals surface area contributed by atoms with E-state index in [9.17, 15) is 4.39 Å². The van der Waals surface area contributed by atoms with Crippen LogP contribution in [-0.4, -0.2) is 17.5 Å². The first-order chi connectivity index (χ1) is 9.24. The van der Waals surface area contributed by atoms with Crippen molar-refractivity contribution in [2.45, 2.75) is 12.3 Å². The first-order valence-electron chi connectivity index (χ1n) is 5.73. The van der Waals surface area contributed by atoms with Gasteiger partial charge in [-0.1, -0.05) is 0 Å². The van der Waals surface area contributed by atoms with Crippen molar-refractivity contribution in [2.24, 2.45) is 0 Å². The van der Waals surface area contributed by atoms with Gasteiger partial charge in [-0.3, -0.25) is 0 Å². The van der Waals surface area contributed by atoms with Crippen LogP contribution in [0.15, 0.2) is 28.9 Å². The van der Waals surface area contributed by atoms with Crippen molar-refractivity contribution in [1.29, 1.82) is 0 Å². The molecule has 6 heteroatoms. The second kappa shape index (κ2) is 6.78. The third-order valence-electron chi connectivity index (χ3n) is 2.41. The largest absolute Gasteiger partial charge is 0.493 e. The molecule has 102 valence electrons. The molecule has 0 aliphatic rings. The van der Waals surface area contributed by atoms with Gasteiger partial charge >= 0.3 is 0 Å². The summed E-state index contributed by atoms with van der Waals surface area (Å²) < 4.78 is 24.4. The molecular formula is C13H12Cl2FNO2. The lowest BCUT2D eigenvalue weighted by Gasteiger charge is -2.06. The van der Waals surface area contributed by atoms with Crippen molar-refractivity contribution in [3.05, 3.63) is 36.0 Å². The summed E-state index contributed by atoms with van der Waals surface area (Å²) in [4.78, 5) is 4.07. The fourth-order valence-electron chi connectivity index (χ4n) is 1.50. The summed E-state index contributed by atoms with van der Waals surface area (Å²) >= 11 is 11.2. The zero-order valence-electron chi connectivity index (χ0n) is 10.0. The van der Waals surface area contributed by atoms with Crippen LogP contribution in [0.1, 0.15) is 12.1 Å². The Kier molecular flexibility index (Phi) is 5.05. The van der Waals surface area contributed by atoms with Crippen molar-refractivity contribution < 1.29 is 13.5 Å². The summed E-state index contributed by atoms with van der Waals surface area (Å²) in [6.07, 6.45) is 2.12. The molecule has 19 heavy (non-hydrogen) atoms. The van der Waals surface area contributed by atoms with Gasteiger partial charge in [0.2, 0.25) is 5.89 Å². The van der Waals surface area contributed by atoms with Crippen LogP contribution in [-0.2, 0) is 5.88 Å². The Bertz CT molecular complexity index is 545. The molecule has 1 aromatic heterocycles. The van der Waals surface area contributed by atoms with Gasteiger partial charge in [0.25, 0.3) is 0 Å². The average Bonchev–Trinajstić information content (AvgIpc) is 2.88. The highest BCUT2D eigenvalue weighted by Crippen LogP contribution is 2.26. The summed E-state index contributed by atoms with van der Waals surface area (Å²) in [5.74, 6) is 0.949. The van der Waals surface area contributed by atoms with Crippen LogP contribution < -0.4 is 4.74 Å². The molecule has 0 saturated heterocycles. The van der Waals surface area contributed by atoms with Crippen LogP contribution in [0.3, 0.4) is 0 Å². The van der Waals surface area contributed by atoms with E-state index in [4.69, 9.17) is 32.4 Å². The molecule has 2 rings (SSSR count). The van der Waals surface area contributed by atoms with Crippen LogP contribution in [0, 0.1) is 5.82 Å². The lowest BCUT2D eigenvalue weighted by Crippen LogP contribution is -1.98. The second-order valence-electron chi connectivity index (χ2n) is 3.81. The molecular weight excluding hydrogens is 292 g/mol. The minimum atomic E-state index is -0.452. The molecule has 0 amide bonds. The van der Waals surface area contributed by atoms with E-state index in [2.05, 4.69) is 4.98 Å². The summed E-state index contributed by atoms with van der Waals surface area (Å²) in [6, 6.07) is 4.53. The van der Waals surface area contributed by atoms with Gasteiger partial charge in [-0.2, -0.15) is 0 Å². The molecule has 0 aliphatic carbocycles. The molecule has 1 aromatic carbocycles. The number of ether oxygens (including phenoxy) is 1. The molecule has 0 bridgehead atoms. The molecule has 2 aromatic rings. The Morgan fingerprint density at radius 2 is 2.16 bits per heavy atom.